The number of para-hydroxylation sites is 2. The van der Waals surface area contributed by atoms with Crippen LogP contribution in [0.4, 0.5) is 5.69 Å². The van der Waals surface area contributed by atoms with Crippen molar-refractivity contribution in [1.82, 2.24) is 0 Å². The standard InChI is InChI=1S/C13H20N2O2/c1-13(2,9-14)12(16)15(3)10-7-5-6-8-11(10)17-4/h5-8H,9,14H2,1-4H3. The predicted octanol–water partition coefficient (Wildman–Crippen LogP) is 1.64. The van der Waals surface area contributed by atoms with Gasteiger partial charge >= 0.3 is 0 Å². The number of amides is 1. The lowest BCUT2D eigenvalue weighted by molar-refractivity contribution is -0.125. The molecule has 0 atom stereocenters. The topological polar surface area (TPSA) is 55.6 Å². The molecule has 0 aliphatic heterocycles. The molecule has 0 saturated carbocycles. The summed E-state index contributed by atoms with van der Waals surface area (Å²) < 4.78 is 5.24. The van der Waals surface area contributed by atoms with Gasteiger partial charge in [-0.2, -0.15) is 0 Å². The number of benzene rings is 1. The summed E-state index contributed by atoms with van der Waals surface area (Å²) in [6.45, 7) is 3.98. The molecular formula is C13H20N2O2. The van der Waals surface area contributed by atoms with Crippen molar-refractivity contribution in [3.05, 3.63) is 24.3 Å². The molecule has 1 aromatic carbocycles. The Bertz CT molecular complexity index is 402. The largest absolute Gasteiger partial charge is 0.495 e. The van der Waals surface area contributed by atoms with E-state index in [9.17, 15) is 4.79 Å². The van der Waals surface area contributed by atoms with E-state index in [1.807, 2.05) is 38.1 Å². The lowest BCUT2D eigenvalue weighted by atomic mass is 9.92. The Balaban J connectivity index is 3.04. The Kier molecular flexibility index (Phi) is 4.12. The second-order valence-electron chi connectivity index (χ2n) is 4.62. The van der Waals surface area contributed by atoms with Crippen LogP contribution in [-0.4, -0.2) is 26.6 Å². The number of carbonyl (C=O) groups is 1. The number of anilines is 1. The fourth-order valence-electron chi connectivity index (χ4n) is 1.56. The average molecular weight is 236 g/mol. The van der Waals surface area contributed by atoms with E-state index in [-0.39, 0.29) is 5.91 Å². The minimum atomic E-state index is -0.574. The first-order valence-corrected chi connectivity index (χ1v) is 5.55. The molecule has 17 heavy (non-hydrogen) atoms. The first-order chi connectivity index (χ1) is 7.94. The predicted molar refractivity (Wildman–Crippen MR) is 69.2 cm³/mol. The Morgan fingerprint density at radius 1 is 1.41 bits per heavy atom. The smallest absolute Gasteiger partial charge is 0.233 e. The highest BCUT2D eigenvalue weighted by atomic mass is 16.5. The van der Waals surface area contributed by atoms with Crippen LogP contribution in [0.3, 0.4) is 0 Å². The van der Waals surface area contributed by atoms with E-state index in [0.717, 1.165) is 5.69 Å². The highest BCUT2D eigenvalue weighted by Crippen LogP contribution is 2.29. The summed E-state index contributed by atoms with van der Waals surface area (Å²) in [5.41, 5.74) is 5.79. The van der Waals surface area contributed by atoms with Crippen molar-refractivity contribution < 1.29 is 9.53 Å². The Labute approximate surface area is 102 Å². The number of methoxy groups -OCH3 is 1. The summed E-state index contributed by atoms with van der Waals surface area (Å²) >= 11 is 0. The minimum absolute atomic E-state index is 0.0236. The summed E-state index contributed by atoms with van der Waals surface area (Å²) in [6, 6.07) is 7.42. The molecule has 0 heterocycles. The quantitative estimate of drug-likeness (QED) is 0.864. The van der Waals surface area contributed by atoms with Gasteiger partial charge in [0.2, 0.25) is 5.91 Å². The van der Waals surface area contributed by atoms with Gasteiger partial charge in [-0.3, -0.25) is 4.79 Å². The molecule has 0 unspecified atom stereocenters. The van der Waals surface area contributed by atoms with Crippen molar-refractivity contribution in [1.29, 1.82) is 0 Å². The van der Waals surface area contributed by atoms with Crippen molar-refractivity contribution in [2.45, 2.75) is 13.8 Å². The number of hydrogen-bond donors (Lipinski definition) is 1. The highest BCUT2D eigenvalue weighted by Gasteiger charge is 2.30. The number of carbonyl (C=O) groups excluding carboxylic acids is 1. The summed E-state index contributed by atoms with van der Waals surface area (Å²) in [5, 5.41) is 0. The van der Waals surface area contributed by atoms with Crippen molar-refractivity contribution in [2.75, 3.05) is 25.6 Å². The molecule has 4 heteroatoms. The fourth-order valence-corrected chi connectivity index (χ4v) is 1.56. The van der Waals surface area contributed by atoms with Gasteiger partial charge in [-0.15, -0.1) is 0 Å². The second-order valence-corrected chi connectivity index (χ2v) is 4.62. The number of hydrogen-bond acceptors (Lipinski definition) is 3. The van der Waals surface area contributed by atoms with Crippen LogP contribution in [0.5, 0.6) is 5.75 Å². The molecule has 94 valence electrons. The second kappa shape index (κ2) is 5.19. The van der Waals surface area contributed by atoms with Gasteiger partial charge in [0.05, 0.1) is 18.2 Å². The van der Waals surface area contributed by atoms with Gasteiger partial charge < -0.3 is 15.4 Å². The normalized spacial score (nSPS) is 11.1. The van der Waals surface area contributed by atoms with Crippen LogP contribution in [0.2, 0.25) is 0 Å². The molecule has 1 amide bonds. The van der Waals surface area contributed by atoms with E-state index in [1.54, 1.807) is 19.1 Å². The summed E-state index contributed by atoms with van der Waals surface area (Å²) in [5.74, 6) is 0.653. The van der Waals surface area contributed by atoms with Crippen LogP contribution >= 0.6 is 0 Å². The molecule has 0 aliphatic rings. The molecule has 0 fully saturated rings. The molecule has 0 saturated heterocycles. The van der Waals surface area contributed by atoms with Crippen LogP contribution < -0.4 is 15.4 Å². The zero-order valence-corrected chi connectivity index (χ0v) is 10.9. The van der Waals surface area contributed by atoms with Gasteiger partial charge in [-0.05, 0) is 26.0 Å². The third-order valence-corrected chi connectivity index (χ3v) is 2.84. The van der Waals surface area contributed by atoms with Crippen molar-refractivity contribution in [2.24, 2.45) is 11.1 Å². The minimum Gasteiger partial charge on any atom is -0.495 e. The SMILES string of the molecule is COc1ccccc1N(C)C(=O)C(C)(C)CN. The van der Waals surface area contributed by atoms with Crippen molar-refractivity contribution >= 4 is 11.6 Å². The van der Waals surface area contributed by atoms with Crippen molar-refractivity contribution in [3.8, 4) is 5.75 Å². The maximum absolute atomic E-state index is 12.3. The van der Waals surface area contributed by atoms with Crippen molar-refractivity contribution in [3.63, 3.8) is 0 Å². The Morgan fingerprint density at radius 2 is 2.00 bits per heavy atom. The third kappa shape index (κ3) is 2.77. The Morgan fingerprint density at radius 3 is 2.53 bits per heavy atom. The molecular weight excluding hydrogens is 216 g/mol. The Hall–Kier alpha value is -1.55. The van der Waals surface area contributed by atoms with E-state index >= 15 is 0 Å². The van der Waals surface area contributed by atoms with E-state index in [1.165, 1.54) is 0 Å². The number of ether oxygens (including phenoxy) is 1. The van der Waals surface area contributed by atoms with Gasteiger partial charge in [0.1, 0.15) is 5.75 Å². The molecule has 1 rings (SSSR count). The molecule has 4 nitrogen and oxygen atoms in total. The van der Waals surface area contributed by atoms with Gasteiger partial charge in [0.15, 0.2) is 0 Å². The number of rotatable bonds is 4. The lowest BCUT2D eigenvalue weighted by Gasteiger charge is -2.29. The van der Waals surface area contributed by atoms with Gasteiger partial charge in [-0.25, -0.2) is 0 Å². The summed E-state index contributed by atoms with van der Waals surface area (Å²) in [7, 11) is 3.32. The van der Waals surface area contributed by atoms with Crippen LogP contribution in [-0.2, 0) is 4.79 Å². The zero-order valence-electron chi connectivity index (χ0n) is 10.9. The molecule has 1 aromatic rings. The number of nitrogens with two attached hydrogens (primary N) is 1. The molecule has 0 aromatic heterocycles. The van der Waals surface area contributed by atoms with Gasteiger partial charge in [0.25, 0.3) is 0 Å². The van der Waals surface area contributed by atoms with E-state index in [2.05, 4.69) is 0 Å². The number of nitrogens with zero attached hydrogens (tertiary/aromatic N) is 1. The monoisotopic (exact) mass is 236 g/mol. The first kappa shape index (κ1) is 13.5. The lowest BCUT2D eigenvalue weighted by Crippen LogP contribution is -2.43. The van der Waals surface area contributed by atoms with E-state index in [0.29, 0.717) is 12.3 Å². The zero-order chi connectivity index (χ0) is 13.1. The summed E-state index contributed by atoms with van der Waals surface area (Å²) in [4.78, 5) is 13.8. The maximum Gasteiger partial charge on any atom is 0.233 e. The molecule has 2 N–H and O–H groups in total. The van der Waals surface area contributed by atoms with E-state index in [4.69, 9.17) is 10.5 Å². The van der Waals surface area contributed by atoms with Crippen LogP contribution in [0, 0.1) is 5.41 Å². The third-order valence-electron chi connectivity index (χ3n) is 2.84. The van der Waals surface area contributed by atoms with Gasteiger partial charge in [-0.1, -0.05) is 12.1 Å². The van der Waals surface area contributed by atoms with Crippen LogP contribution in [0.25, 0.3) is 0 Å². The molecule has 0 bridgehead atoms. The molecule has 0 radical (unpaired) electrons. The molecule has 0 spiro atoms. The highest BCUT2D eigenvalue weighted by molar-refractivity contribution is 5.98. The van der Waals surface area contributed by atoms with Crippen LogP contribution in [0.15, 0.2) is 24.3 Å². The van der Waals surface area contributed by atoms with Crippen LogP contribution in [0.1, 0.15) is 13.8 Å². The fraction of sp³-hybridized carbons (Fsp3) is 0.462. The van der Waals surface area contributed by atoms with E-state index < -0.39 is 5.41 Å². The summed E-state index contributed by atoms with van der Waals surface area (Å²) in [6.07, 6.45) is 0. The van der Waals surface area contributed by atoms with Gasteiger partial charge in [0, 0.05) is 13.6 Å². The average Bonchev–Trinajstić information content (AvgIpc) is 2.36. The molecule has 0 aliphatic carbocycles. The first-order valence-electron chi connectivity index (χ1n) is 5.55. The maximum atomic E-state index is 12.3.